The van der Waals surface area contributed by atoms with Gasteiger partial charge in [0.15, 0.2) is 6.23 Å². The van der Waals surface area contributed by atoms with Gasteiger partial charge in [-0.3, -0.25) is 14.2 Å². The number of aromatic nitrogens is 2. The second-order valence-corrected chi connectivity index (χ2v) is 7.26. The summed E-state index contributed by atoms with van der Waals surface area (Å²) < 4.78 is 11.6. The van der Waals surface area contributed by atoms with Gasteiger partial charge in [0.05, 0.1) is 0 Å². The maximum atomic E-state index is 12.1. The highest BCUT2D eigenvalue weighted by Gasteiger charge is 2.44. The Hall–Kier alpha value is -3.32. The molecule has 0 amide bonds. The lowest BCUT2D eigenvalue weighted by Gasteiger charge is -2.17. The molecule has 0 unspecified atom stereocenters. The number of carbonyl (C=O) groups is 2. The van der Waals surface area contributed by atoms with Crippen molar-refractivity contribution in [2.24, 2.45) is 5.73 Å². The third-order valence-electron chi connectivity index (χ3n) is 4.76. The van der Waals surface area contributed by atoms with Crippen molar-refractivity contribution in [3.05, 3.63) is 58.6 Å². The van der Waals surface area contributed by atoms with Gasteiger partial charge in [-0.25, -0.2) is 4.79 Å². The first-order valence-corrected chi connectivity index (χ1v) is 10.2. The molecule has 7 N–H and O–H groups in total. The number of nitrogens with two attached hydrogens (primary N) is 2. The number of esters is 1. The van der Waals surface area contributed by atoms with E-state index in [0.717, 1.165) is 10.1 Å². The Labute approximate surface area is 189 Å². The van der Waals surface area contributed by atoms with Crippen LogP contribution < -0.4 is 17.2 Å². The van der Waals surface area contributed by atoms with E-state index in [9.17, 15) is 24.6 Å². The number of aliphatic carboxylic acids is 1. The van der Waals surface area contributed by atoms with E-state index in [2.05, 4.69) is 4.98 Å². The molecule has 12 heteroatoms. The van der Waals surface area contributed by atoms with E-state index >= 15 is 0 Å². The zero-order valence-corrected chi connectivity index (χ0v) is 18.0. The number of nitrogens with zero attached hydrogens (tertiary/aromatic N) is 2. The summed E-state index contributed by atoms with van der Waals surface area (Å²) in [7, 11) is 0. The van der Waals surface area contributed by atoms with Crippen LogP contribution in [0.2, 0.25) is 0 Å². The van der Waals surface area contributed by atoms with E-state index in [0.29, 0.717) is 6.42 Å². The number of ether oxygens (including phenoxy) is 2. The second-order valence-electron chi connectivity index (χ2n) is 7.26. The zero-order valence-electron chi connectivity index (χ0n) is 18.0. The average molecular weight is 464 g/mol. The first kappa shape index (κ1) is 25.9. The standard InChI is InChI=1S/C18H22N4O6.C3H6O2/c19-11(8-10-4-2-1-3-5-10)17(25)27-9-12-14(23)15(24)16(28-12)22-7-6-13(20)21-18(22)26;1-2-3(4)5/h1-7,11-12,14-16,23-24H,8-9,19H2,(H2,20,21,26);2H2,1H3,(H,4,5)/t11-,12+,14+,15-,16+;/m0./s1. The largest absolute Gasteiger partial charge is 0.481 e. The number of hydrogen-bond donors (Lipinski definition) is 5. The number of hydrogen-bond acceptors (Lipinski definition) is 10. The fourth-order valence-corrected chi connectivity index (χ4v) is 2.94. The summed E-state index contributed by atoms with van der Waals surface area (Å²) in [6.07, 6.45) is -3.17. The van der Waals surface area contributed by atoms with Crippen LogP contribution in [0.5, 0.6) is 0 Å². The van der Waals surface area contributed by atoms with Gasteiger partial charge in [0.1, 0.15) is 36.8 Å². The molecule has 0 bridgehead atoms. The molecule has 1 aliphatic rings. The first-order valence-electron chi connectivity index (χ1n) is 10.2. The number of carbonyl (C=O) groups excluding carboxylic acids is 1. The van der Waals surface area contributed by atoms with Crippen molar-refractivity contribution in [3.63, 3.8) is 0 Å². The van der Waals surface area contributed by atoms with E-state index in [1.54, 1.807) is 6.92 Å². The molecule has 0 aliphatic carbocycles. The maximum absolute atomic E-state index is 12.1. The number of aliphatic hydroxyl groups excluding tert-OH is 2. The third-order valence-corrected chi connectivity index (χ3v) is 4.76. The molecule has 12 nitrogen and oxygen atoms in total. The lowest BCUT2D eigenvalue weighted by Crippen LogP contribution is -2.39. The monoisotopic (exact) mass is 464 g/mol. The summed E-state index contributed by atoms with van der Waals surface area (Å²) in [6, 6.07) is 9.70. The quantitative estimate of drug-likeness (QED) is 0.316. The molecule has 0 saturated carbocycles. The normalized spacial score (nSPS) is 22.7. The summed E-state index contributed by atoms with van der Waals surface area (Å²) in [4.78, 5) is 36.9. The SMILES string of the molecule is CCC(=O)O.Nc1ccn([C@@H]2O[C@H](COC(=O)[C@@H](N)Cc3ccccc3)[C@@H](O)[C@@H]2O)c(=O)n1. The van der Waals surface area contributed by atoms with Crippen molar-refractivity contribution in [1.82, 2.24) is 9.55 Å². The molecule has 0 radical (unpaired) electrons. The molecule has 33 heavy (non-hydrogen) atoms. The highest BCUT2D eigenvalue weighted by Crippen LogP contribution is 2.28. The second kappa shape index (κ2) is 12.1. The Kier molecular flexibility index (Phi) is 9.48. The van der Waals surface area contributed by atoms with Gasteiger partial charge in [0, 0.05) is 12.6 Å². The van der Waals surface area contributed by atoms with Crippen molar-refractivity contribution >= 4 is 17.8 Å². The van der Waals surface area contributed by atoms with Gasteiger partial charge in [0.25, 0.3) is 0 Å². The van der Waals surface area contributed by atoms with E-state index < -0.39 is 48.2 Å². The van der Waals surface area contributed by atoms with Crippen molar-refractivity contribution in [3.8, 4) is 0 Å². The number of carboxylic acids is 1. The zero-order chi connectivity index (χ0) is 24.5. The molecular weight excluding hydrogens is 436 g/mol. The van der Waals surface area contributed by atoms with Crippen LogP contribution >= 0.6 is 0 Å². The molecule has 180 valence electrons. The Bertz CT molecular complexity index is 984. The molecule has 5 atom stereocenters. The predicted molar refractivity (Wildman–Crippen MR) is 116 cm³/mol. The van der Waals surface area contributed by atoms with Gasteiger partial charge in [-0.15, -0.1) is 0 Å². The smallest absolute Gasteiger partial charge is 0.351 e. The first-order chi connectivity index (χ1) is 15.6. The summed E-state index contributed by atoms with van der Waals surface area (Å²) in [6.45, 7) is 1.27. The highest BCUT2D eigenvalue weighted by molar-refractivity contribution is 5.75. The predicted octanol–water partition coefficient (Wildman–Crippen LogP) is -0.961. The van der Waals surface area contributed by atoms with Crippen LogP contribution in [0.4, 0.5) is 5.82 Å². The van der Waals surface area contributed by atoms with Crippen molar-refractivity contribution < 1.29 is 34.4 Å². The van der Waals surface area contributed by atoms with Crippen LogP contribution in [0.15, 0.2) is 47.4 Å². The Morgan fingerprint density at radius 3 is 2.42 bits per heavy atom. The van der Waals surface area contributed by atoms with Crippen molar-refractivity contribution in [2.45, 2.75) is 50.3 Å². The summed E-state index contributed by atoms with van der Waals surface area (Å²) >= 11 is 0. The number of aliphatic hydroxyl groups is 2. The molecular formula is C21H28N4O8. The van der Waals surface area contributed by atoms with Crippen LogP contribution in [0.1, 0.15) is 25.1 Å². The van der Waals surface area contributed by atoms with E-state index in [1.807, 2.05) is 30.3 Å². The lowest BCUT2D eigenvalue weighted by atomic mass is 10.1. The van der Waals surface area contributed by atoms with Gasteiger partial charge >= 0.3 is 17.6 Å². The number of rotatable bonds is 7. The Morgan fingerprint density at radius 1 is 1.21 bits per heavy atom. The van der Waals surface area contributed by atoms with E-state index in [-0.39, 0.29) is 18.8 Å². The summed E-state index contributed by atoms with van der Waals surface area (Å²) in [5, 5.41) is 28.1. The minimum Gasteiger partial charge on any atom is -0.481 e. The Morgan fingerprint density at radius 2 is 1.85 bits per heavy atom. The minimum atomic E-state index is -1.41. The molecule has 0 spiro atoms. The van der Waals surface area contributed by atoms with Gasteiger partial charge in [0.2, 0.25) is 0 Å². The number of nitrogen functional groups attached to an aromatic ring is 1. The van der Waals surface area contributed by atoms with Gasteiger partial charge in [-0.2, -0.15) is 4.98 Å². The van der Waals surface area contributed by atoms with E-state index in [4.69, 9.17) is 26.0 Å². The average Bonchev–Trinajstić information content (AvgIpc) is 3.07. The van der Waals surface area contributed by atoms with Crippen molar-refractivity contribution in [1.29, 1.82) is 0 Å². The summed E-state index contributed by atoms with van der Waals surface area (Å²) in [5.41, 5.74) is 11.4. The van der Waals surface area contributed by atoms with Crippen molar-refractivity contribution in [2.75, 3.05) is 12.3 Å². The van der Waals surface area contributed by atoms with Gasteiger partial charge in [-0.05, 0) is 18.1 Å². The number of carboxylic acid groups (broad SMARTS) is 1. The molecule has 1 aromatic heterocycles. The van der Waals surface area contributed by atoms with Gasteiger partial charge < -0.3 is 36.3 Å². The van der Waals surface area contributed by atoms with Gasteiger partial charge in [-0.1, -0.05) is 37.3 Å². The number of anilines is 1. The molecule has 3 rings (SSSR count). The molecule has 2 aromatic rings. The minimum absolute atomic E-state index is 0.0205. The molecule has 1 fully saturated rings. The maximum Gasteiger partial charge on any atom is 0.351 e. The highest BCUT2D eigenvalue weighted by atomic mass is 16.6. The van der Waals surface area contributed by atoms with E-state index in [1.165, 1.54) is 12.3 Å². The molecule has 1 saturated heterocycles. The van der Waals surface area contributed by atoms with Crippen LogP contribution in [-0.4, -0.2) is 67.8 Å². The fraction of sp³-hybridized carbons (Fsp3) is 0.429. The van der Waals surface area contributed by atoms with Crippen LogP contribution in [0, 0.1) is 0 Å². The molecule has 2 heterocycles. The molecule has 1 aliphatic heterocycles. The van der Waals surface area contributed by atoms with Crippen LogP contribution in [0.25, 0.3) is 0 Å². The summed E-state index contributed by atoms with van der Waals surface area (Å²) in [5.74, 6) is -1.39. The molecule has 1 aromatic carbocycles. The topological polar surface area (TPSA) is 200 Å². The lowest BCUT2D eigenvalue weighted by molar-refractivity contribution is -0.151. The van der Waals surface area contributed by atoms with Crippen LogP contribution in [-0.2, 0) is 25.5 Å². The fourth-order valence-electron chi connectivity index (χ4n) is 2.94. The number of benzene rings is 1. The Balaban J connectivity index is 0.000000696. The third kappa shape index (κ3) is 7.36. The van der Waals surface area contributed by atoms with Crippen LogP contribution in [0.3, 0.4) is 0 Å².